The van der Waals surface area contributed by atoms with Crippen LogP contribution >= 0.6 is 11.5 Å². The molecule has 0 bridgehead atoms. The second-order valence-electron chi connectivity index (χ2n) is 3.97. The van der Waals surface area contributed by atoms with Gasteiger partial charge in [-0.1, -0.05) is 20.8 Å². The molecule has 1 rings (SSSR count). The largest absolute Gasteiger partial charge is 0.330 e. The average molecular weight is 184 g/mol. The van der Waals surface area contributed by atoms with E-state index in [4.69, 9.17) is 5.73 Å². The summed E-state index contributed by atoms with van der Waals surface area (Å²) in [5.41, 5.74) is 7.04. The Kier molecular flexibility index (Phi) is 2.85. The van der Waals surface area contributed by atoms with Crippen LogP contribution in [0.5, 0.6) is 0 Å². The first-order chi connectivity index (χ1) is 5.55. The second kappa shape index (κ2) is 3.54. The molecule has 0 saturated carbocycles. The Morgan fingerprint density at radius 2 is 2.17 bits per heavy atom. The standard InChI is InChI=1S/C9H16N2S/c1-9(2,3)8-7(4-5-10)6-11-12-8/h6H,4-5,10H2,1-3H3. The topological polar surface area (TPSA) is 38.9 Å². The molecule has 0 aliphatic carbocycles. The molecular formula is C9H16N2S. The third-order valence-electron chi connectivity index (χ3n) is 1.74. The van der Waals surface area contributed by atoms with Crippen LogP contribution in [0.25, 0.3) is 0 Å². The van der Waals surface area contributed by atoms with E-state index in [1.165, 1.54) is 10.4 Å². The highest BCUT2D eigenvalue weighted by molar-refractivity contribution is 7.06. The van der Waals surface area contributed by atoms with Gasteiger partial charge >= 0.3 is 0 Å². The van der Waals surface area contributed by atoms with E-state index in [1.807, 2.05) is 6.20 Å². The van der Waals surface area contributed by atoms with Gasteiger partial charge in [0.15, 0.2) is 0 Å². The van der Waals surface area contributed by atoms with Gasteiger partial charge in [-0.2, -0.15) is 0 Å². The van der Waals surface area contributed by atoms with Gasteiger partial charge in [0, 0.05) is 11.1 Å². The van der Waals surface area contributed by atoms with Crippen molar-refractivity contribution in [2.24, 2.45) is 5.73 Å². The van der Waals surface area contributed by atoms with E-state index >= 15 is 0 Å². The van der Waals surface area contributed by atoms with E-state index in [0.717, 1.165) is 6.42 Å². The lowest BCUT2D eigenvalue weighted by molar-refractivity contribution is 0.597. The highest BCUT2D eigenvalue weighted by Crippen LogP contribution is 2.29. The SMILES string of the molecule is CC(C)(C)c1sncc1CCN. The van der Waals surface area contributed by atoms with Gasteiger partial charge in [-0.3, -0.25) is 0 Å². The van der Waals surface area contributed by atoms with Crippen LogP contribution in [0.15, 0.2) is 6.20 Å². The molecule has 2 nitrogen and oxygen atoms in total. The van der Waals surface area contributed by atoms with Gasteiger partial charge < -0.3 is 5.73 Å². The molecule has 0 amide bonds. The second-order valence-corrected chi connectivity index (χ2v) is 4.77. The fourth-order valence-corrected chi connectivity index (χ4v) is 2.04. The molecule has 12 heavy (non-hydrogen) atoms. The number of nitrogens with zero attached hydrogens (tertiary/aromatic N) is 1. The summed E-state index contributed by atoms with van der Waals surface area (Å²) in [6, 6.07) is 0. The molecule has 0 spiro atoms. The summed E-state index contributed by atoms with van der Waals surface area (Å²) in [7, 11) is 0. The molecule has 3 heteroatoms. The van der Waals surface area contributed by atoms with Crippen LogP contribution in [0.1, 0.15) is 31.2 Å². The number of aromatic nitrogens is 1. The van der Waals surface area contributed by atoms with Crippen molar-refractivity contribution in [2.45, 2.75) is 32.6 Å². The van der Waals surface area contributed by atoms with Crippen molar-refractivity contribution in [2.75, 3.05) is 6.54 Å². The fourth-order valence-electron chi connectivity index (χ4n) is 1.21. The van der Waals surface area contributed by atoms with Crippen LogP contribution in [-0.2, 0) is 11.8 Å². The fraction of sp³-hybridized carbons (Fsp3) is 0.667. The maximum absolute atomic E-state index is 5.51. The van der Waals surface area contributed by atoms with Gasteiger partial charge in [0.1, 0.15) is 0 Å². The molecule has 1 aromatic rings. The zero-order valence-electron chi connectivity index (χ0n) is 7.92. The lowest BCUT2D eigenvalue weighted by Gasteiger charge is -2.17. The Balaban J connectivity index is 2.91. The maximum Gasteiger partial charge on any atom is 0.0442 e. The highest BCUT2D eigenvalue weighted by Gasteiger charge is 2.19. The van der Waals surface area contributed by atoms with Gasteiger partial charge in [-0.15, -0.1) is 0 Å². The van der Waals surface area contributed by atoms with E-state index < -0.39 is 0 Å². The summed E-state index contributed by atoms with van der Waals surface area (Å²) in [6.07, 6.45) is 2.89. The van der Waals surface area contributed by atoms with E-state index in [0.29, 0.717) is 6.54 Å². The predicted molar refractivity (Wildman–Crippen MR) is 53.6 cm³/mol. The summed E-state index contributed by atoms with van der Waals surface area (Å²) in [5, 5.41) is 0. The highest BCUT2D eigenvalue weighted by atomic mass is 32.1. The van der Waals surface area contributed by atoms with Crippen LogP contribution in [0, 0.1) is 0 Å². The third kappa shape index (κ3) is 2.05. The molecule has 0 unspecified atom stereocenters. The van der Waals surface area contributed by atoms with Crippen molar-refractivity contribution in [1.82, 2.24) is 4.37 Å². The summed E-state index contributed by atoms with van der Waals surface area (Å²) in [5.74, 6) is 0. The van der Waals surface area contributed by atoms with E-state index in [9.17, 15) is 0 Å². The summed E-state index contributed by atoms with van der Waals surface area (Å²) in [6.45, 7) is 7.34. The number of nitrogens with two attached hydrogens (primary N) is 1. The first kappa shape index (κ1) is 9.68. The first-order valence-electron chi connectivity index (χ1n) is 4.20. The summed E-state index contributed by atoms with van der Waals surface area (Å²) >= 11 is 1.59. The molecule has 2 N–H and O–H groups in total. The Bertz CT molecular complexity index is 247. The van der Waals surface area contributed by atoms with Crippen LogP contribution in [0.4, 0.5) is 0 Å². The molecule has 0 aliphatic heterocycles. The summed E-state index contributed by atoms with van der Waals surface area (Å²) < 4.78 is 4.19. The van der Waals surface area contributed by atoms with Gasteiger partial charge in [0.2, 0.25) is 0 Å². The van der Waals surface area contributed by atoms with Crippen molar-refractivity contribution in [3.8, 4) is 0 Å². The van der Waals surface area contributed by atoms with Crippen molar-refractivity contribution in [3.63, 3.8) is 0 Å². The predicted octanol–water partition coefficient (Wildman–Crippen LogP) is 1.94. The Labute approximate surface area is 78.0 Å². The lowest BCUT2D eigenvalue weighted by atomic mass is 9.91. The number of hydrogen-bond acceptors (Lipinski definition) is 3. The van der Waals surface area contributed by atoms with Crippen molar-refractivity contribution < 1.29 is 0 Å². The normalized spacial score (nSPS) is 12.0. The number of rotatable bonds is 2. The quantitative estimate of drug-likeness (QED) is 0.763. The van der Waals surface area contributed by atoms with E-state index in [-0.39, 0.29) is 5.41 Å². The Hall–Kier alpha value is -0.410. The van der Waals surface area contributed by atoms with E-state index in [2.05, 4.69) is 25.1 Å². The van der Waals surface area contributed by atoms with Crippen LogP contribution < -0.4 is 5.73 Å². The molecule has 0 aromatic carbocycles. The maximum atomic E-state index is 5.51. The molecule has 0 aliphatic rings. The zero-order valence-corrected chi connectivity index (χ0v) is 8.74. The molecule has 0 fully saturated rings. The number of hydrogen-bond donors (Lipinski definition) is 1. The summed E-state index contributed by atoms with van der Waals surface area (Å²) in [4.78, 5) is 1.37. The third-order valence-corrected chi connectivity index (χ3v) is 3.01. The zero-order chi connectivity index (χ0) is 9.19. The van der Waals surface area contributed by atoms with Gasteiger partial charge in [-0.05, 0) is 35.5 Å². The molecule has 0 atom stereocenters. The molecule has 0 saturated heterocycles. The van der Waals surface area contributed by atoms with E-state index in [1.54, 1.807) is 11.5 Å². The van der Waals surface area contributed by atoms with Gasteiger partial charge in [0.05, 0.1) is 0 Å². The van der Waals surface area contributed by atoms with Gasteiger partial charge in [-0.25, -0.2) is 4.37 Å². The monoisotopic (exact) mass is 184 g/mol. The Morgan fingerprint density at radius 1 is 1.50 bits per heavy atom. The van der Waals surface area contributed by atoms with Crippen LogP contribution in [0.3, 0.4) is 0 Å². The van der Waals surface area contributed by atoms with Crippen LogP contribution in [-0.4, -0.2) is 10.9 Å². The minimum atomic E-state index is 0.214. The van der Waals surface area contributed by atoms with Gasteiger partial charge in [0.25, 0.3) is 0 Å². The average Bonchev–Trinajstić information content (AvgIpc) is 2.34. The van der Waals surface area contributed by atoms with Crippen molar-refractivity contribution >= 4 is 11.5 Å². The molecule has 68 valence electrons. The van der Waals surface area contributed by atoms with Crippen LogP contribution in [0.2, 0.25) is 0 Å². The minimum absolute atomic E-state index is 0.214. The molecular weight excluding hydrogens is 168 g/mol. The molecule has 0 radical (unpaired) electrons. The lowest BCUT2D eigenvalue weighted by Crippen LogP contribution is -2.13. The Morgan fingerprint density at radius 3 is 2.67 bits per heavy atom. The molecule has 1 heterocycles. The van der Waals surface area contributed by atoms with Crippen molar-refractivity contribution in [3.05, 3.63) is 16.6 Å². The van der Waals surface area contributed by atoms with Crippen molar-refractivity contribution in [1.29, 1.82) is 0 Å². The molecule has 1 aromatic heterocycles. The minimum Gasteiger partial charge on any atom is -0.330 e. The first-order valence-corrected chi connectivity index (χ1v) is 4.97. The smallest absolute Gasteiger partial charge is 0.0442 e.